The number of allylic oxidation sites excluding steroid dienone is 2. The summed E-state index contributed by atoms with van der Waals surface area (Å²) < 4.78 is 5.37. The number of rotatable bonds is 4. The monoisotopic (exact) mass is 234 g/mol. The Labute approximate surface area is 102 Å². The van der Waals surface area contributed by atoms with Gasteiger partial charge >= 0.3 is 0 Å². The van der Waals surface area contributed by atoms with Gasteiger partial charge in [-0.25, -0.2) is 0 Å². The maximum Gasteiger partial charge on any atom is 0.156 e. The SMILES string of the molecule is C/C=C(\SC(OC)=C(C)C)c1ccccc1. The molecule has 0 heterocycles. The van der Waals surface area contributed by atoms with E-state index in [9.17, 15) is 0 Å². The fourth-order valence-electron chi connectivity index (χ4n) is 1.33. The highest BCUT2D eigenvalue weighted by Crippen LogP contribution is 2.35. The van der Waals surface area contributed by atoms with Gasteiger partial charge in [-0.2, -0.15) is 0 Å². The largest absolute Gasteiger partial charge is 0.490 e. The summed E-state index contributed by atoms with van der Waals surface area (Å²) in [7, 11) is 1.72. The predicted octanol–water partition coefficient (Wildman–Crippen LogP) is 4.68. The number of thioether (sulfide) groups is 1. The third-order valence-corrected chi connectivity index (χ3v) is 3.57. The number of hydrogen-bond donors (Lipinski definition) is 0. The molecular formula is C14H18OS. The van der Waals surface area contributed by atoms with Gasteiger partial charge in [-0.05, 0) is 31.9 Å². The zero-order valence-corrected chi connectivity index (χ0v) is 11.1. The van der Waals surface area contributed by atoms with Crippen LogP contribution in [0, 0.1) is 0 Å². The van der Waals surface area contributed by atoms with E-state index in [-0.39, 0.29) is 0 Å². The van der Waals surface area contributed by atoms with Gasteiger partial charge in [0, 0.05) is 4.91 Å². The van der Waals surface area contributed by atoms with E-state index in [1.165, 1.54) is 16.0 Å². The number of benzene rings is 1. The van der Waals surface area contributed by atoms with E-state index in [0.29, 0.717) is 0 Å². The Balaban J connectivity index is 2.91. The molecule has 0 spiro atoms. The lowest BCUT2D eigenvalue weighted by atomic mass is 10.2. The van der Waals surface area contributed by atoms with Crippen LogP contribution in [0.25, 0.3) is 4.91 Å². The summed E-state index contributed by atoms with van der Waals surface area (Å²) in [6, 6.07) is 10.4. The smallest absolute Gasteiger partial charge is 0.156 e. The molecule has 1 rings (SSSR count). The number of methoxy groups -OCH3 is 1. The Bertz CT molecular complexity index is 386. The minimum absolute atomic E-state index is 0.969. The van der Waals surface area contributed by atoms with E-state index in [1.54, 1.807) is 18.9 Å². The van der Waals surface area contributed by atoms with Gasteiger partial charge in [0.25, 0.3) is 0 Å². The first-order chi connectivity index (χ1) is 7.69. The normalized spacial score (nSPS) is 11.1. The van der Waals surface area contributed by atoms with Gasteiger partial charge in [0.1, 0.15) is 0 Å². The van der Waals surface area contributed by atoms with Crippen molar-refractivity contribution in [1.82, 2.24) is 0 Å². The zero-order valence-electron chi connectivity index (χ0n) is 10.3. The Morgan fingerprint density at radius 1 is 1.19 bits per heavy atom. The fourth-order valence-corrected chi connectivity index (χ4v) is 2.19. The second-order valence-corrected chi connectivity index (χ2v) is 4.63. The van der Waals surface area contributed by atoms with Crippen LogP contribution in [0.2, 0.25) is 0 Å². The first-order valence-corrected chi connectivity index (χ1v) is 6.11. The quantitative estimate of drug-likeness (QED) is 0.700. The van der Waals surface area contributed by atoms with E-state index in [0.717, 1.165) is 5.09 Å². The standard InChI is InChI=1S/C14H18OS/c1-5-13(12-9-7-6-8-10-12)16-14(15-4)11(2)3/h5-10H,1-4H3/b13-5-. The molecule has 0 saturated carbocycles. The summed E-state index contributed by atoms with van der Waals surface area (Å²) in [4.78, 5) is 1.22. The van der Waals surface area contributed by atoms with Gasteiger partial charge in [-0.3, -0.25) is 0 Å². The van der Waals surface area contributed by atoms with Crippen LogP contribution in [0.3, 0.4) is 0 Å². The van der Waals surface area contributed by atoms with Crippen molar-refractivity contribution in [2.75, 3.05) is 7.11 Å². The lowest BCUT2D eigenvalue weighted by Gasteiger charge is -2.11. The predicted molar refractivity (Wildman–Crippen MR) is 73.1 cm³/mol. The number of hydrogen-bond acceptors (Lipinski definition) is 2. The van der Waals surface area contributed by atoms with Gasteiger partial charge < -0.3 is 4.74 Å². The second-order valence-electron chi connectivity index (χ2n) is 3.61. The average Bonchev–Trinajstić information content (AvgIpc) is 2.31. The fraction of sp³-hybridized carbons (Fsp3) is 0.286. The second kappa shape index (κ2) is 6.44. The summed E-state index contributed by atoms with van der Waals surface area (Å²) in [5, 5.41) is 0.969. The maximum absolute atomic E-state index is 5.37. The summed E-state index contributed by atoms with van der Waals surface area (Å²) in [5.74, 6) is 0. The lowest BCUT2D eigenvalue weighted by Crippen LogP contribution is -1.87. The van der Waals surface area contributed by atoms with Gasteiger partial charge in [0.05, 0.1) is 7.11 Å². The molecule has 1 aromatic carbocycles. The van der Waals surface area contributed by atoms with Gasteiger partial charge in [0.2, 0.25) is 0 Å². The highest BCUT2D eigenvalue weighted by molar-refractivity contribution is 8.11. The van der Waals surface area contributed by atoms with Crippen LogP contribution in [0.15, 0.2) is 47.1 Å². The van der Waals surface area contributed by atoms with Crippen molar-refractivity contribution in [3.8, 4) is 0 Å². The molecule has 0 unspecified atom stereocenters. The molecule has 0 N–H and O–H groups in total. The van der Waals surface area contributed by atoms with Crippen molar-refractivity contribution in [3.63, 3.8) is 0 Å². The first-order valence-electron chi connectivity index (χ1n) is 5.30. The topological polar surface area (TPSA) is 9.23 Å². The Hall–Kier alpha value is -1.15. The molecule has 0 amide bonds. The molecule has 0 bridgehead atoms. The van der Waals surface area contributed by atoms with Crippen molar-refractivity contribution in [1.29, 1.82) is 0 Å². The van der Waals surface area contributed by atoms with Crippen LogP contribution in [0.5, 0.6) is 0 Å². The van der Waals surface area contributed by atoms with E-state index >= 15 is 0 Å². The minimum Gasteiger partial charge on any atom is -0.490 e. The molecule has 0 fully saturated rings. The van der Waals surface area contributed by atoms with Gasteiger partial charge in [0.15, 0.2) is 5.09 Å². The molecule has 86 valence electrons. The average molecular weight is 234 g/mol. The molecule has 2 heteroatoms. The van der Waals surface area contributed by atoms with Crippen molar-refractivity contribution >= 4 is 16.7 Å². The highest BCUT2D eigenvalue weighted by atomic mass is 32.2. The summed E-state index contributed by atoms with van der Waals surface area (Å²) in [5.41, 5.74) is 2.42. The maximum atomic E-state index is 5.37. The molecule has 0 atom stereocenters. The highest BCUT2D eigenvalue weighted by Gasteiger charge is 2.06. The van der Waals surface area contributed by atoms with Crippen LogP contribution in [0.4, 0.5) is 0 Å². The molecule has 0 aliphatic carbocycles. The summed E-state index contributed by atoms with van der Waals surface area (Å²) in [6.07, 6.45) is 2.11. The molecule has 1 nitrogen and oxygen atoms in total. The Kier molecular flexibility index (Phi) is 5.20. The van der Waals surface area contributed by atoms with Crippen LogP contribution in [-0.4, -0.2) is 7.11 Å². The van der Waals surface area contributed by atoms with E-state index in [1.807, 2.05) is 25.1 Å². The number of ether oxygens (including phenoxy) is 1. The minimum atomic E-state index is 0.969. The van der Waals surface area contributed by atoms with E-state index in [4.69, 9.17) is 4.74 Å². The molecule has 0 radical (unpaired) electrons. The van der Waals surface area contributed by atoms with Crippen molar-refractivity contribution in [3.05, 3.63) is 52.6 Å². The molecule has 16 heavy (non-hydrogen) atoms. The van der Waals surface area contributed by atoms with Crippen molar-refractivity contribution in [2.45, 2.75) is 20.8 Å². The van der Waals surface area contributed by atoms with Crippen molar-refractivity contribution in [2.24, 2.45) is 0 Å². The van der Waals surface area contributed by atoms with Gasteiger partial charge in [-0.1, -0.05) is 48.2 Å². The molecular weight excluding hydrogens is 216 g/mol. The summed E-state index contributed by atoms with van der Waals surface area (Å²) in [6.45, 7) is 6.17. The van der Waals surface area contributed by atoms with Gasteiger partial charge in [-0.15, -0.1) is 0 Å². The molecule has 1 aromatic rings. The molecule has 0 saturated heterocycles. The first kappa shape index (κ1) is 12.9. The van der Waals surface area contributed by atoms with E-state index in [2.05, 4.69) is 32.1 Å². The molecule has 0 aliphatic heterocycles. The Morgan fingerprint density at radius 2 is 1.81 bits per heavy atom. The zero-order chi connectivity index (χ0) is 12.0. The third-order valence-electron chi connectivity index (χ3n) is 2.12. The van der Waals surface area contributed by atoms with Crippen LogP contribution < -0.4 is 0 Å². The third kappa shape index (κ3) is 3.46. The van der Waals surface area contributed by atoms with Crippen LogP contribution >= 0.6 is 11.8 Å². The lowest BCUT2D eigenvalue weighted by molar-refractivity contribution is 0.321. The Morgan fingerprint density at radius 3 is 2.25 bits per heavy atom. The van der Waals surface area contributed by atoms with Crippen LogP contribution in [0.1, 0.15) is 26.3 Å². The van der Waals surface area contributed by atoms with E-state index < -0.39 is 0 Å². The molecule has 0 aromatic heterocycles. The van der Waals surface area contributed by atoms with Crippen LogP contribution in [-0.2, 0) is 4.74 Å². The molecule has 0 aliphatic rings. The van der Waals surface area contributed by atoms with Crippen molar-refractivity contribution < 1.29 is 4.74 Å². The summed E-state index contributed by atoms with van der Waals surface area (Å²) >= 11 is 1.67.